The second kappa shape index (κ2) is 8.34. The van der Waals surface area contributed by atoms with Gasteiger partial charge in [-0.05, 0) is 17.7 Å². The van der Waals surface area contributed by atoms with E-state index < -0.39 is 23.2 Å². The van der Waals surface area contributed by atoms with E-state index in [4.69, 9.17) is 0 Å². The highest BCUT2D eigenvalue weighted by atomic mass is 32.2. The minimum Gasteiger partial charge on any atom is -0.480 e. The number of carboxylic acid groups (broad SMARTS) is 1. The predicted molar refractivity (Wildman–Crippen MR) is 105 cm³/mol. The molecule has 0 fully saturated rings. The number of aliphatic hydroxyl groups is 1. The number of pyridine rings is 1. The lowest BCUT2D eigenvalue weighted by Gasteiger charge is -2.25. The van der Waals surface area contributed by atoms with Crippen LogP contribution in [0.2, 0.25) is 0 Å². The SMILES string of the molecule is CC(C(SCc1ccc2ccccc2n1)C(=O)O)C(O)c1ccccc1. The first kappa shape index (κ1) is 18.4. The van der Waals surface area contributed by atoms with Crippen molar-refractivity contribution < 1.29 is 15.0 Å². The molecule has 0 aliphatic rings. The molecule has 3 rings (SSSR count). The number of benzene rings is 2. The molecule has 1 heterocycles. The number of rotatable bonds is 7. The smallest absolute Gasteiger partial charge is 0.317 e. The Morgan fingerprint density at radius 3 is 2.46 bits per heavy atom. The molecule has 1 aromatic heterocycles. The van der Waals surface area contributed by atoms with Crippen LogP contribution in [0.15, 0.2) is 66.7 Å². The standard InChI is InChI=1S/C21H21NO3S/c1-14(19(23)16-8-3-2-4-9-16)20(21(24)25)26-13-17-12-11-15-7-5-6-10-18(15)22-17/h2-12,14,19-20,23H,13H2,1H3,(H,24,25). The predicted octanol–water partition coefficient (Wildman–Crippen LogP) is 4.29. The molecule has 4 nitrogen and oxygen atoms in total. The molecule has 0 radical (unpaired) electrons. The van der Waals surface area contributed by atoms with Crippen molar-refractivity contribution in [3.05, 3.63) is 78.0 Å². The first-order chi connectivity index (χ1) is 12.6. The van der Waals surface area contributed by atoms with Crippen LogP contribution in [0.5, 0.6) is 0 Å². The number of aromatic nitrogens is 1. The maximum absolute atomic E-state index is 11.8. The van der Waals surface area contributed by atoms with Crippen LogP contribution in [0.3, 0.4) is 0 Å². The van der Waals surface area contributed by atoms with Crippen LogP contribution in [0.1, 0.15) is 24.3 Å². The normalized spacial score (nSPS) is 14.7. The number of nitrogens with zero attached hydrogens (tertiary/aromatic N) is 1. The van der Waals surface area contributed by atoms with Gasteiger partial charge in [0.2, 0.25) is 0 Å². The van der Waals surface area contributed by atoms with Gasteiger partial charge in [-0.3, -0.25) is 9.78 Å². The number of aliphatic hydroxyl groups excluding tert-OH is 1. The summed E-state index contributed by atoms with van der Waals surface area (Å²) in [5, 5.41) is 20.5. The first-order valence-electron chi connectivity index (χ1n) is 8.48. The summed E-state index contributed by atoms with van der Waals surface area (Å²) in [5.74, 6) is -0.869. The van der Waals surface area contributed by atoms with Crippen LogP contribution in [-0.2, 0) is 10.5 Å². The van der Waals surface area contributed by atoms with Crippen LogP contribution in [0, 0.1) is 5.92 Å². The van der Waals surface area contributed by atoms with E-state index in [-0.39, 0.29) is 0 Å². The monoisotopic (exact) mass is 367 g/mol. The topological polar surface area (TPSA) is 70.4 Å². The Hall–Kier alpha value is -2.37. The number of thioether (sulfide) groups is 1. The molecule has 0 amide bonds. The molecular weight excluding hydrogens is 346 g/mol. The summed E-state index contributed by atoms with van der Waals surface area (Å²) in [5.41, 5.74) is 2.46. The van der Waals surface area contributed by atoms with Gasteiger partial charge < -0.3 is 10.2 Å². The Bertz CT molecular complexity index is 885. The van der Waals surface area contributed by atoms with Gasteiger partial charge in [0.05, 0.1) is 17.3 Å². The molecule has 3 atom stereocenters. The largest absolute Gasteiger partial charge is 0.480 e. The third-order valence-electron chi connectivity index (χ3n) is 4.43. The van der Waals surface area contributed by atoms with E-state index >= 15 is 0 Å². The number of aliphatic carboxylic acids is 1. The number of hydrogen-bond donors (Lipinski definition) is 2. The van der Waals surface area contributed by atoms with Gasteiger partial charge in [-0.25, -0.2) is 0 Å². The van der Waals surface area contributed by atoms with Crippen molar-refractivity contribution in [1.29, 1.82) is 0 Å². The zero-order chi connectivity index (χ0) is 18.5. The minimum absolute atomic E-state index is 0.430. The van der Waals surface area contributed by atoms with Crippen molar-refractivity contribution in [2.75, 3.05) is 0 Å². The van der Waals surface area contributed by atoms with E-state index in [1.54, 1.807) is 6.92 Å². The molecule has 2 N–H and O–H groups in total. The fourth-order valence-electron chi connectivity index (χ4n) is 2.93. The quantitative estimate of drug-likeness (QED) is 0.652. The molecule has 134 valence electrons. The summed E-state index contributed by atoms with van der Waals surface area (Å²) in [4.78, 5) is 16.4. The van der Waals surface area contributed by atoms with Gasteiger partial charge in [0.15, 0.2) is 0 Å². The van der Waals surface area contributed by atoms with Crippen molar-refractivity contribution >= 4 is 28.6 Å². The molecule has 0 saturated heterocycles. The Labute approximate surface area is 156 Å². The lowest BCUT2D eigenvalue weighted by Crippen LogP contribution is -2.29. The van der Waals surface area contributed by atoms with Gasteiger partial charge in [0, 0.05) is 17.1 Å². The van der Waals surface area contributed by atoms with Crippen molar-refractivity contribution in [1.82, 2.24) is 4.98 Å². The number of para-hydroxylation sites is 1. The van der Waals surface area contributed by atoms with Crippen molar-refractivity contribution in [2.45, 2.75) is 24.0 Å². The van der Waals surface area contributed by atoms with Crippen molar-refractivity contribution in [3.63, 3.8) is 0 Å². The lowest BCUT2D eigenvalue weighted by atomic mass is 9.94. The maximum Gasteiger partial charge on any atom is 0.317 e. The molecule has 26 heavy (non-hydrogen) atoms. The van der Waals surface area contributed by atoms with Crippen LogP contribution in [-0.4, -0.2) is 26.4 Å². The Morgan fingerprint density at radius 2 is 1.73 bits per heavy atom. The number of hydrogen-bond acceptors (Lipinski definition) is 4. The summed E-state index contributed by atoms with van der Waals surface area (Å²) in [6.07, 6.45) is -0.825. The molecule has 0 aliphatic carbocycles. The third kappa shape index (κ3) is 4.23. The van der Waals surface area contributed by atoms with E-state index in [0.29, 0.717) is 5.75 Å². The highest BCUT2D eigenvalue weighted by Crippen LogP contribution is 2.32. The fourth-order valence-corrected chi connectivity index (χ4v) is 4.04. The molecule has 0 bridgehead atoms. The zero-order valence-corrected chi connectivity index (χ0v) is 15.3. The summed E-state index contributed by atoms with van der Waals surface area (Å²) < 4.78 is 0. The summed E-state index contributed by atoms with van der Waals surface area (Å²) >= 11 is 1.30. The van der Waals surface area contributed by atoms with Crippen molar-refractivity contribution in [2.24, 2.45) is 5.92 Å². The molecule has 5 heteroatoms. The van der Waals surface area contributed by atoms with Crippen LogP contribution >= 0.6 is 11.8 Å². The first-order valence-corrected chi connectivity index (χ1v) is 9.53. The molecule has 3 unspecified atom stereocenters. The highest BCUT2D eigenvalue weighted by molar-refractivity contribution is 7.99. The van der Waals surface area contributed by atoms with Crippen LogP contribution < -0.4 is 0 Å². The van der Waals surface area contributed by atoms with E-state index in [1.807, 2.05) is 66.7 Å². The van der Waals surface area contributed by atoms with Gasteiger partial charge in [-0.2, -0.15) is 0 Å². The Morgan fingerprint density at radius 1 is 1.04 bits per heavy atom. The molecule has 3 aromatic rings. The number of fused-ring (bicyclic) bond motifs is 1. The molecule has 0 spiro atoms. The third-order valence-corrected chi connectivity index (χ3v) is 5.88. The average molecular weight is 367 g/mol. The van der Waals surface area contributed by atoms with Gasteiger partial charge in [-0.15, -0.1) is 11.8 Å². The van der Waals surface area contributed by atoms with E-state index in [2.05, 4.69) is 4.98 Å². The summed E-state index contributed by atoms with van der Waals surface area (Å²) in [6, 6.07) is 20.9. The van der Waals surface area contributed by atoms with Gasteiger partial charge in [0.25, 0.3) is 0 Å². The number of carbonyl (C=O) groups is 1. The van der Waals surface area contributed by atoms with Crippen molar-refractivity contribution in [3.8, 4) is 0 Å². The second-order valence-electron chi connectivity index (χ2n) is 6.28. The molecule has 0 saturated carbocycles. The molecular formula is C21H21NO3S. The van der Waals surface area contributed by atoms with E-state index in [0.717, 1.165) is 22.2 Å². The number of carboxylic acids is 1. The lowest BCUT2D eigenvalue weighted by molar-refractivity contribution is -0.138. The molecule has 0 aliphatic heterocycles. The van der Waals surface area contributed by atoms with E-state index in [1.165, 1.54) is 11.8 Å². The van der Waals surface area contributed by atoms with E-state index in [9.17, 15) is 15.0 Å². The zero-order valence-electron chi connectivity index (χ0n) is 14.4. The van der Waals surface area contributed by atoms with Gasteiger partial charge in [-0.1, -0.05) is 61.5 Å². The maximum atomic E-state index is 11.8. The summed E-state index contributed by atoms with van der Waals surface area (Å²) in [7, 11) is 0. The average Bonchev–Trinajstić information content (AvgIpc) is 2.67. The van der Waals surface area contributed by atoms with Crippen LogP contribution in [0.4, 0.5) is 0 Å². The van der Waals surface area contributed by atoms with Crippen LogP contribution in [0.25, 0.3) is 10.9 Å². The highest BCUT2D eigenvalue weighted by Gasteiger charge is 2.31. The fraction of sp³-hybridized carbons (Fsp3) is 0.238. The Balaban J connectivity index is 1.72. The summed E-state index contributed by atoms with van der Waals surface area (Å²) in [6.45, 7) is 1.78. The molecule has 2 aromatic carbocycles. The second-order valence-corrected chi connectivity index (χ2v) is 7.41. The van der Waals surface area contributed by atoms with Gasteiger partial charge >= 0.3 is 5.97 Å². The Kier molecular flexibility index (Phi) is 5.91. The van der Waals surface area contributed by atoms with Gasteiger partial charge in [0.1, 0.15) is 5.25 Å². The minimum atomic E-state index is -0.918.